The summed E-state index contributed by atoms with van der Waals surface area (Å²) in [6, 6.07) is 1.23. The van der Waals surface area contributed by atoms with Crippen LogP contribution in [0.15, 0.2) is 0 Å². The molecule has 5 heteroatoms. The van der Waals surface area contributed by atoms with Crippen LogP contribution in [0.1, 0.15) is 66.2 Å². The molecular weight excluding hydrogens is 308 g/mol. The standard InChI is InChI=1S/C18H34N2O2S/c1-5-23-16-9-8-15(13-16)19-14-7-6-11-20(12-10-14)17(21)22-18(2,3)4/h14-16,19H,5-13H2,1-4H3. The smallest absolute Gasteiger partial charge is 0.410 e. The number of nitrogens with one attached hydrogen (secondary N) is 1. The minimum atomic E-state index is -0.406. The van der Waals surface area contributed by atoms with Crippen LogP contribution in [0.25, 0.3) is 0 Å². The van der Waals surface area contributed by atoms with Crippen molar-refractivity contribution in [2.24, 2.45) is 0 Å². The molecular formula is C18H34N2O2S. The van der Waals surface area contributed by atoms with Gasteiger partial charge < -0.3 is 15.0 Å². The first-order chi connectivity index (χ1) is 10.9. The first kappa shape index (κ1) is 18.9. The second-order valence-electron chi connectivity index (χ2n) is 7.85. The summed E-state index contributed by atoms with van der Waals surface area (Å²) < 4.78 is 5.51. The van der Waals surface area contributed by atoms with Gasteiger partial charge in [0.2, 0.25) is 0 Å². The van der Waals surface area contributed by atoms with Crippen LogP contribution in [0.2, 0.25) is 0 Å². The Kier molecular flexibility index (Phi) is 7.08. The van der Waals surface area contributed by atoms with Crippen molar-refractivity contribution >= 4 is 17.9 Å². The molecule has 0 aromatic heterocycles. The first-order valence-electron chi connectivity index (χ1n) is 9.23. The van der Waals surface area contributed by atoms with E-state index in [-0.39, 0.29) is 6.09 Å². The van der Waals surface area contributed by atoms with E-state index in [1.165, 1.54) is 31.4 Å². The Morgan fingerprint density at radius 2 is 1.96 bits per heavy atom. The molecule has 1 aliphatic carbocycles. The van der Waals surface area contributed by atoms with Crippen molar-refractivity contribution in [2.45, 2.75) is 89.2 Å². The highest BCUT2D eigenvalue weighted by atomic mass is 32.2. The highest BCUT2D eigenvalue weighted by Crippen LogP contribution is 2.30. The maximum atomic E-state index is 12.2. The molecule has 0 radical (unpaired) electrons. The molecule has 0 aromatic carbocycles. The lowest BCUT2D eigenvalue weighted by Crippen LogP contribution is -2.39. The lowest BCUT2D eigenvalue weighted by molar-refractivity contribution is 0.0256. The zero-order chi connectivity index (χ0) is 16.9. The van der Waals surface area contributed by atoms with Gasteiger partial charge in [-0.1, -0.05) is 6.92 Å². The lowest BCUT2D eigenvalue weighted by atomic mass is 10.1. The van der Waals surface area contributed by atoms with Crippen molar-refractivity contribution in [1.29, 1.82) is 0 Å². The predicted octanol–water partition coefficient (Wildman–Crippen LogP) is 4.04. The predicted molar refractivity (Wildman–Crippen MR) is 98.1 cm³/mol. The number of hydrogen-bond donors (Lipinski definition) is 1. The van der Waals surface area contributed by atoms with Crippen LogP contribution >= 0.6 is 11.8 Å². The van der Waals surface area contributed by atoms with Gasteiger partial charge in [-0.05, 0) is 65.0 Å². The quantitative estimate of drug-likeness (QED) is 0.837. The molecule has 0 aromatic rings. The van der Waals surface area contributed by atoms with Crippen LogP contribution in [0.4, 0.5) is 4.79 Å². The highest BCUT2D eigenvalue weighted by Gasteiger charge is 2.29. The molecule has 1 saturated carbocycles. The Hall–Kier alpha value is -0.420. The summed E-state index contributed by atoms with van der Waals surface area (Å²) in [6.07, 6.45) is 7.10. The van der Waals surface area contributed by atoms with Gasteiger partial charge in [-0.25, -0.2) is 4.79 Å². The summed E-state index contributed by atoms with van der Waals surface area (Å²) in [5, 5.41) is 4.71. The van der Waals surface area contributed by atoms with E-state index in [1.807, 2.05) is 25.7 Å². The normalized spacial score (nSPS) is 29.4. The number of nitrogens with zero attached hydrogens (tertiary/aromatic N) is 1. The number of carbonyl (C=O) groups is 1. The summed E-state index contributed by atoms with van der Waals surface area (Å²) in [5.74, 6) is 1.23. The molecule has 3 unspecified atom stereocenters. The molecule has 23 heavy (non-hydrogen) atoms. The average Bonchev–Trinajstić information content (AvgIpc) is 2.74. The van der Waals surface area contributed by atoms with E-state index < -0.39 is 5.60 Å². The van der Waals surface area contributed by atoms with Gasteiger partial charge in [0.1, 0.15) is 5.60 Å². The number of carbonyl (C=O) groups excluding carboxylic acids is 1. The fraction of sp³-hybridized carbons (Fsp3) is 0.944. The topological polar surface area (TPSA) is 41.6 Å². The summed E-state index contributed by atoms with van der Waals surface area (Å²) >= 11 is 2.11. The van der Waals surface area contributed by atoms with Crippen LogP contribution in [-0.4, -0.2) is 52.8 Å². The molecule has 134 valence electrons. The Balaban J connectivity index is 1.75. The van der Waals surface area contributed by atoms with Gasteiger partial charge in [-0.2, -0.15) is 11.8 Å². The van der Waals surface area contributed by atoms with Gasteiger partial charge in [0.25, 0.3) is 0 Å². The number of rotatable bonds is 4. The maximum Gasteiger partial charge on any atom is 0.410 e. The summed E-state index contributed by atoms with van der Waals surface area (Å²) in [4.78, 5) is 14.1. The van der Waals surface area contributed by atoms with Gasteiger partial charge in [0, 0.05) is 30.4 Å². The number of ether oxygens (including phenoxy) is 1. The number of likely N-dealkylation sites (tertiary alicyclic amines) is 1. The first-order valence-corrected chi connectivity index (χ1v) is 10.3. The summed E-state index contributed by atoms with van der Waals surface area (Å²) in [7, 11) is 0. The second kappa shape index (κ2) is 8.61. The highest BCUT2D eigenvalue weighted by molar-refractivity contribution is 7.99. The van der Waals surface area contributed by atoms with Crippen molar-refractivity contribution < 1.29 is 9.53 Å². The fourth-order valence-corrected chi connectivity index (χ4v) is 4.73. The zero-order valence-electron chi connectivity index (χ0n) is 15.3. The van der Waals surface area contributed by atoms with Gasteiger partial charge in [0.15, 0.2) is 0 Å². The molecule has 1 saturated heterocycles. The number of hydrogen-bond acceptors (Lipinski definition) is 4. The summed E-state index contributed by atoms with van der Waals surface area (Å²) in [6.45, 7) is 9.67. The van der Waals surface area contributed by atoms with Crippen LogP contribution < -0.4 is 5.32 Å². The fourth-order valence-electron chi connectivity index (χ4n) is 3.58. The van der Waals surface area contributed by atoms with E-state index >= 15 is 0 Å². The Morgan fingerprint density at radius 1 is 1.17 bits per heavy atom. The molecule has 0 bridgehead atoms. The molecule has 2 fully saturated rings. The molecule has 3 atom stereocenters. The van der Waals surface area contributed by atoms with E-state index in [2.05, 4.69) is 24.0 Å². The van der Waals surface area contributed by atoms with Crippen LogP contribution in [0.3, 0.4) is 0 Å². The molecule has 2 rings (SSSR count). The Morgan fingerprint density at radius 3 is 2.65 bits per heavy atom. The van der Waals surface area contributed by atoms with Crippen LogP contribution in [0.5, 0.6) is 0 Å². The SMILES string of the molecule is CCSC1CCC(NC2CCCN(C(=O)OC(C)(C)C)CC2)C1. The molecule has 1 N–H and O–H groups in total. The molecule has 0 spiro atoms. The van der Waals surface area contributed by atoms with Crippen molar-refractivity contribution in [3.05, 3.63) is 0 Å². The minimum absolute atomic E-state index is 0.154. The van der Waals surface area contributed by atoms with Crippen LogP contribution in [-0.2, 0) is 4.74 Å². The number of amides is 1. The van der Waals surface area contributed by atoms with Crippen molar-refractivity contribution in [1.82, 2.24) is 10.2 Å². The van der Waals surface area contributed by atoms with Crippen molar-refractivity contribution in [3.63, 3.8) is 0 Å². The third-order valence-corrected chi connectivity index (χ3v) is 5.87. The van der Waals surface area contributed by atoms with E-state index in [9.17, 15) is 4.79 Å². The van der Waals surface area contributed by atoms with Crippen LogP contribution in [0, 0.1) is 0 Å². The third kappa shape index (κ3) is 6.54. The van der Waals surface area contributed by atoms with Gasteiger partial charge in [-0.3, -0.25) is 0 Å². The Labute approximate surface area is 146 Å². The largest absolute Gasteiger partial charge is 0.444 e. The van der Waals surface area contributed by atoms with E-state index in [0.29, 0.717) is 12.1 Å². The van der Waals surface area contributed by atoms with Gasteiger partial charge in [0.05, 0.1) is 0 Å². The second-order valence-corrected chi connectivity index (χ2v) is 9.43. The monoisotopic (exact) mass is 342 g/mol. The molecule has 4 nitrogen and oxygen atoms in total. The van der Waals surface area contributed by atoms with Gasteiger partial charge >= 0.3 is 6.09 Å². The molecule has 2 aliphatic rings. The van der Waals surface area contributed by atoms with E-state index in [0.717, 1.165) is 31.2 Å². The maximum absolute atomic E-state index is 12.2. The number of thioether (sulfide) groups is 1. The third-order valence-electron chi connectivity index (χ3n) is 4.64. The zero-order valence-corrected chi connectivity index (χ0v) is 16.1. The lowest BCUT2D eigenvalue weighted by Gasteiger charge is -2.26. The van der Waals surface area contributed by atoms with Crippen molar-refractivity contribution in [3.8, 4) is 0 Å². The van der Waals surface area contributed by atoms with E-state index in [1.54, 1.807) is 0 Å². The summed E-state index contributed by atoms with van der Waals surface area (Å²) in [5.41, 5.74) is -0.406. The van der Waals surface area contributed by atoms with Crippen molar-refractivity contribution in [2.75, 3.05) is 18.8 Å². The van der Waals surface area contributed by atoms with E-state index in [4.69, 9.17) is 4.74 Å². The molecule has 1 aliphatic heterocycles. The van der Waals surface area contributed by atoms with Gasteiger partial charge in [-0.15, -0.1) is 0 Å². The minimum Gasteiger partial charge on any atom is -0.444 e. The average molecular weight is 343 g/mol. The molecule has 1 heterocycles. The Bertz CT molecular complexity index is 384. The molecule has 1 amide bonds.